The van der Waals surface area contributed by atoms with Crippen LogP contribution in [-0.2, 0) is 4.74 Å². The number of rotatable bonds is 3. The molecule has 0 spiro atoms. The van der Waals surface area contributed by atoms with Crippen LogP contribution < -0.4 is 0 Å². The molecule has 1 fully saturated rings. The molecule has 0 bridgehead atoms. The first-order chi connectivity index (χ1) is 5.34. The third-order valence-electron chi connectivity index (χ3n) is 1.99. The predicted molar refractivity (Wildman–Crippen MR) is 48.7 cm³/mol. The van der Waals surface area contributed by atoms with Crippen LogP contribution in [0.5, 0.6) is 0 Å². The Morgan fingerprint density at radius 3 is 2.64 bits per heavy atom. The van der Waals surface area contributed by atoms with Gasteiger partial charge in [-0.1, -0.05) is 26.0 Å². The van der Waals surface area contributed by atoms with E-state index in [-0.39, 0.29) is 0 Å². The summed E-state index contributed by atoms with van der Waals surface area (Å²) in [5.74, 6) is 0. The Balaban J connectivity index is 2.21. The molecule has 0 N–H and O–H groups in total. The van der Waals surface area contributed by atoms with Crippen molar-refractivity contribution in [3.05, 3.63) is 0 Å². The fourth-order valence-corrected chi connectivity index (χ4v) is 1.74. The van der Waals surface area contributed by atoms with E-state index in [0.29, 0.717) is 5.37 Å². The molecule has 1 rings (SSSR count). The van der Waals surface area contributed by atoms with Gasteiger partial charge in [0, 0.05) is 13.1 Å². The summed E-state index contributed by atoms with van der Waals surface area (Å²) in [4.78, 5) is 2.34. The van der Waals surface area contributed by atoms with Crippen LogP contribution >= 0.6 is 12.6 Å². The lowest BCUT2D eigenvalue weighted by Gasteiger charge is -2.30. The zero-order chi connectivity index (χ0) is 8.10. The molecule has 3 heteroatoms. The normalized spacial score (nSPS) is 23.5. The Kier molecular flexibility index (Phi) is 4.26. The standard InChI is InChI=1S/C8H16NOS/c1-2-3-8(11)9-4-6-10-7-5-9/h8H,2-7H2,1H3. The lowest BCUT2D eigenvalue weighted by Crippen LogP contribution is -2.40. The van der Waals surface area contributed by atoms with Crippen molar-refractivity contribution in [3.63, 3.8) is 0 Å². The monoisotopic (exact) mass is 174 g/mol. The predicted octanol–water partition coefficient (Wildman–Crippen LogP) is 1.64. The highest BCUT2D eigenvalue weighted by Gasteiger charge is 2.16. The van der Waals surface area contributed by atoms with Gasteiger partial charge in [-0.25, -0.2) is 0 Å². The van der Waals surface area contributed by atoms with Gasteiger partial charge in [-0.2, -0.15) is 0 Å². The molecule has 0 saturated carbocycles. The van der Waals surface area contributed by atoms with Crippen LogP contribution in [-0.4, -0.2) is 36.6 Å². The van der Waals surface area contributed by atoms with E-state index >= 15 is 0 Å². The highest BCUT2D eigenvalue weighted by atomic mass is 32.1. The van der Waals surface area contributed by atoms with Gasteiger partial charge >= 0.3 is 0 Å². The Morgan fingerprint density at radius 2 is 2.09 bits per heavy atom. The molecule has 1 aliphatic rings. The van der Waals surface area contributed by atoms with Gasteiger partial charge in [0.15, 0.2) is 0 Å². The summed E-state index contributed by atoms with van der Waals surface area (Å²) in [6.07, 6.45) is 2.32. The number of ether oxygens (including phenoxy) is 1. The van der Waals surface area contributed by atoms with E-state index < -0.39 is 0 Å². The quantitative estimate of drug-likeness (QED) is 0.645. The molecular formula is C8H16NOS. The summed E-state index contributed by atoms with van der Waals surface area (Å²) < 4.78 is 5.24. The van der Waals surface area contributed by atoms with Crippen molar-refractivity contribution in [2.45, 2.75) is 25.1 Å². The van der Waals surface area contributed by atoms with E-state index in [9.17, 15) is 0 Å². The molecule has 0 aliphatic carbocycles. The zero-order valence-corrected chi connectivity index (χ0v) is 7.90. The van der Waals surface area contributed by atoms with E-state index in [0.717, 1.165) is 32.7 Å². The van der Waals surface area contributed by atoms with Crippen LogP contribution in [0.2, 0.25) is 0 Å². The van der Waals surface area contributed by atoms with E-state index in [2.05, 4.69) is 11.8 Å². The lowest BCUT2D eigenvalue weighted by atomic mass is 10.3. The third-order valence-corrected chi connectivity index (χ3v) is 2.52. The van der Waals surface area contributed by atoms with Gasteiger partial charge in [-0.15, -0.1) is 0 Å². The fraction of sp³-hybridized carbons (Fsp3) is 1.00. The minimum absolute atomic E-state index is 0.337. The smallest absolute Gasteiger partial charge is 0.0663 e. The number of nitrogens with zero attached hydrogens (tertiary/aromatic N) is 1. The first kappa shape index (κ1) is 9.36. The van der Waals surface area contributed by atoms with Gasteiger partial charge in [0.2, 0.25) is 0 Å². The first-order valence-corrected chi connectivity index (χ1v) is 4.79. The second kappa shape index (κ2) is 5.01. The Morgan fingerprint density at radius 1 is 1.45 bits per heavy atom. The van der Waals surface area contributed by atoms with Crippen LogP contribution in [0.3, 0.4) is 0 Å². The van der Waals surface area contributed by atoms with E-state index in [1.807, 2.05) is 0 Å². The van der Waals surface area contributed by atoms with Crippen molar-refractivity contribution in [2.24, 2.45) is 0 Å². The molecule has 0 amide bonds. The molecule has 1 aliphatic heterocycles. The molecule has 2 nitrogen and oxygen atoms in total. The Bertz CT molecular complexity index is 104. The largest absolute Gasteiger partial charge is 0.379 e. The zero-order valence-electron chi connectivity index (χ0n) is 7.08. The van der Waals surface area contributed by atoms with Crippen LogP contribution in [0.4, 0.5) is 0 Å². The summed E-state index contributed by atoms with van der Waals surface area (Å²) in [6.45, 7) is 5.94. The van der Waals surface area contributed by atoms with E-state index in [1.165, 1.54) is 6.42 Å². The second-order valence-electron chi connectivity index (χ2n) is 2.89. The van der Waals surface area contributed by atoms with Gasteiger partial charge in [0.05, 0.1) is 18.6 Å². The maximum Gasteiger partial charge on any atom is 0.0663 e. The molecule has 0 aromatic heterocycles. The van der Waals surface area contributed by atoms with Crippen LogP contribution in [0, 0.1) is 0 Å². The molecule has 65 valence electrons. The SMILES string of the molecule is CCCC([S])N1CCOCC1. The summed E-state index contributed by atoms with van der Waals surface area (Å²) in [5.41, 5.74) is 0. The maximum atomic E-state index is 5.33. The highest BCUT2D eigenvalue weighted by molar-refractivity contribution is 7.80. The van der Waals surface area contributed by atoms with Crippen molar-refractivity contribution in [1.29, 1.82) is 0 Å². The van der Waals surface area contributed by atoms with Crippen molar-refractivity contribution in [1.82, 2.24) is 4.90 Å². The molecule has 1 radical (unpaired) electrons. The molecule has 11 heavy (non-hydrogen) atoms. The minimum Gasteiger partial charge on any atom is -0.379 e. The molecule has 1 unspecified atom stereocenters. The highest BCUT2D eigenvalue weighted by Crippen LogP contribution is 2.12. The third kappa shape index (κ3) is 3.01. The first-order valence-electron chi connectivity index (χ1n) is 4.32. The topological polar surface area (TPSA) is 12.5 Å². The second-order valence-corrected chi connectivity index (χ2v) is 3.44. The van der Waals surface area contributed by atoms with Crippen LogP contribution in [0.1, 0.15) is 19.8 Å². The van der Waals surface area contributed by atoms with Gasteiger partial charge in [0.25, 0.3) is 0 Å². The van der Waals surface area contributed by atoms with Gasteiger partial charge in [-0.05, 0) is 6.42 Å². The lowest BCUT2D eigenvalue weighted by molar-refractivity contribution is 0.0317. The number of hydrogen-bond donors (Lipinski definition) is 0. The van der Waals surface area contributed by atoms with E-state index in [1.54, 1.807) is 0 Å². The summed E-state index contributed by atoms with van der Waals surface area (Å²) >= 11 is 5.33. The van der Waals surface area contributed by atoms with Crippen molar-refractivity contribution in [2.75, 3.05) is 26.3 Å². The summed E-state index contributed by atoms with van der Waals surface area (Å²) in [5, 5.41) is 0.337. The van der Waals surface area contributed by atoms with Gasteiger partial charge < -0.3 is 4.74 Å². The average Bonchev–Trinajstić information content (AvgIpc) is 2.07. The van der Waals surface area contributed by atoms with Gasteiger partial charge in [0.1, 0.15) is 0 Å². The van der Waals surface area contributed by atoms with Crippen molar-refractivity contribution >= 4 is 12.6 Å². The van der Waals surface area contributed by atoms with Crippen LogP contribution in [0.25, 0.3) is 0 Å². The van der Waals surface area contributed by atoms with Crippen molar-refractivity contribution in [3.8, 4) is 0 Å². The fourth-order valence-electron chi connectivity index (χ4n) is 1.29. The number of hydrogen-bond acceptors (Lipinski definition) is 2. The molecule has 1 heterocycles. The van der Waals surface area contributed by atoms with E-state index in [4.69, 9.17) is 17.4 Å². The van der Waals surface area contributed by atoms with Gasteiger partial charge in [-0.3, -0.25) is 4.90 Å². The Hall–Kier alpha value is 0.270. The number of morpholine rings is 1. The van der Waals surface area contributed by atoms with Crippen molar-refractivity contribution < 1.29 is 4.74 Å². The molecule has 0 aromatic rings. The molecule has 0 aromatic carbocycles. The minimum atomic E-state index is 0.337. The average molecular weight is 174 g/mol. The maximum absolute atomic E-state index is 5.33. The molecule has 1 atom stereocenters. The molecular weight excluding hydrogens is 158 g/mol. The summed E-state index contributed by atoms with van der Waals surface area (Å²) in [7, 11) is 0. The van der Waals surface area contributed by atoms with Crippen LogP contribution in [0.15, 0.2) is 0 Å². The Labute approximate surface area is 74.3 Å². The summed E-state index contributed by atoms with van der Waals surface area (Å²) in [6, 6.07) is 0. The molecule has 1 saturated heterocycles.